The Morgan fingerprint density at radius 1 is 0.893 bits per heavy atom. The number of sulfonamides is 1. The second-order valence-corrected chi connectivity index (χ2v) is 8.73. The van der Waals surface area contributed by atoms with Gasteiger partial charge in [0, 0.05) is 45.5 Å². The molecule has 1 aromatic carbocycles. The van der Waals surface area contributed by atoms with Crippen molar-refractivity contribution in [2.24, 2.45) is 0 Å². The van der Waals surface area contributed by atoms with Crippen LogP contribution in [0, 0.1) is 5.82 Å². The maximum absolute atomic E-state index is 14.0. The third-order valence-corrected chi connectivity index (χ3v) is 7.01. The zero-order valence-corrected chi connectivity index (χ0v) is 16.3. The highest BCUT2D eigenvalue weighted by molar-refractivity contribution is 7.89. The van der Waals surface area contributed by atoms with Gasteiger partial charge in [-0.3, -0.25) is 0 Å². The number of hydrogen-bond acceptors (Lipinski definition) is 6. The van der Waals surface area contributed by atoms with Crippen molar-refractivity contribution in [3.05, 3.63) is 48.4 Å². The van der Waals surface area contributed by atoms with Gasteiger partial charge in [-0.15, -0.1) is 0 Å². The summed E-state index contributed by atoms with van der Waals surface area (Å²) in [5.41, 5.74) is 0.613. The Labute approximate surface area is 164 Å². The van der Waals surface area contributed by atoms with E-state index in [1.807, 2.05) is 11.0 Å². The lowest BCUT2D eigenvalue weighted by molar-refractivity contribution is 0.0730. The molecule has 2 saturated heterocycles. The molecule has 0 N–H and O–H groups in total. The van der Waals surface area contributed by atoms with Crippen LogP contribution in [0.25, 0.3) is 0 Å². The summed E-state index contributed by atoms with van der Waals surface area (Å²) >= 11 is 0. The molecule has 7 nitrogen and oxygen atoms in total. The summed E-state index contributed by atoms with van der Waals surface area (Å²) in [4.78, 5) is 8.68. The Morgan fingerprint density at radius 3 is 2.21 bits per heavy atom. The molecule has 150 valence electrons. The standard InChI is InChI=1S/C19H23FN4O3S/c20-17-3-1-2-4-18(17)22-7-9-23(10-8-22)19-6-5-16(15-21-19)28(25,26)24-11-13-27-14-12-24/h1-6,15H,7-14H2. The lowest BCUT2D eigenvalue weighted by atomic mass is 10.2. The van der Waals surface area contributed by atoms with Crippen LogP contribution in [-0.4, -0.2) is 70.2 Å². The maximum Gasteiger partial charge on any atom is 0.244 e. The molecule has 0 atom stereocenters. The zero-order chi connectivity index (χ0) is 19.6. The van der Waals surface area contributed by atoms with Gasteiger partial charge < -0.3 is 14.5 Å². The van der Waals surface area contributed by atoms with E-state index in [2.05, 4.69) is 9.88 Å². The normalized spacial score (nSPS) is 19.0. The van der Waals surface area contributed by atoms with Crippen molar-refractivity contribution in [1.82, 2.24) is 9.29 Å². The molecule has 28 heavy (non-hydrogen) atoms. The minimum atomic E-state index is -3.54. The maximum atomic E-state index is 14.0. The van der Waals surface area contributed by atoms with Gasteiger partial charge in [0.1, 0.15) is 16.5 Å². The molecule has 0 amide bonds. The van der Waals surface area contributed by atoms with Crippen LogP contribution in [0.15, 0.2) is 47.5 Å². The Hall–Kier alpha value is -2.23. The van der Waals surface area contributed by atoms with Crippen molar-refractivity contribution in [3.63, 3.8) is 0 Å². The number of pyridine rings is 1. The van der Waals surface area contributed by atoms with Crippen molar-refractivity contribution in [2.45, 2.75) is 4.90 Å². The molecule has 4 rings (SSSR count). The largest absolute Gasteiger partial charge is 0.379 e. The summed E-state index contributed by atoms with van der Waals surface area (Å²) in [6.45, 7) is 4.29. The van der Waals surface area contributed by atoms with E-state index in [1.54, 1.807) is 24.3 Å². The van der Waals surface area contributed by atoms with E-state index in [-0.39, 0.29) is 10.7 Å². The molecule has 0 radical (unpaired) electrons. The van der Waals surface area contributed by atoms with Crippen molar-refractivity contribution in [2.75, 3.05) is 62.3 Å². The number of nitrogens with zero attached hydrogens (tertiary/aromatic N) is 4. The van der Waals surface area contributed by atoms with Gasteiger partial charge in [-0.2, -0.15) is 4.31 Å². The van der Waals surface area contributed by atoms with E-state index in [0.717, 1.165) is 5.82 Å². The summed E-state index contributed by atoms with van der Waals surface area (Å²) < 4.78 is 46.0. The van der Waals surface area contributed by atoms with Crippen LogP contribution in [0.2, 0.25) is 0 Å². The molecule has 2 fully saturated rings. The van der Waals surface area contributed by atoms with Crippen molar-refractivity contribution in [1.29, 1.82) is 0 Å². The lowest BCUT2D eigenvalue weighted by Crippen LogP contribution is -2.47. The molecule has 9 heteroatoms. The number of hydrogen-bond donors (Lipinski definition) is 0. The fourth-order valence-electron chi connectivity index (χ4n) is 3.53. The quantitative estimate of drug-likeness (QED) is 0.768. The molecule has 0 unspecified atom stereocenters. The monoisotopic (exact) mass is 406 g/mol. The lowest BCUT2D eigenvalue weighted by Gasteiger charge is -2.36. The second-order valence-electron chi connectivity index (χ2n) is 6.79. The van der Waals surface area contributed by atoms with E-state index in [9.17, 15) is 12.8 Å². The summed E-state index contributed by atoms with van der Waals surface area (Å²) in [5, 5.41) is 0. The Bertz CT molecular complexity index is 909. The number of para-hydroxylation sites is 1. The highest BCUT2D eigenvalue weighted by Gasteiger charge is 2.27. The third kappa shape index (κ3) is 3.82. The summed E-state index contributed by atoms with van der Waals surface area (Å²) in [7, 11) is -3.54. The van der Waals surface area contributed by atoms with Gasteiger partial charge in [-0.25, -0.2) is 17.8 Å². The van der Waals surface area contributed by atoms with Crippen LogP contribution in [0.5, 0.6) is 0 Å². The molecule has 2 aliphatic heterocycles. The number of aromatic nitrogens is 1. The molecule has 1 aromatic heterocycles. The van der Waals surface area contributed by atoms with E-state index < -0.39 is 10.0 Å². The number of rotatable bonds is 4. The predicted octanol–water partition coefficient (Wildman–Crippen LogP) is 1.57. The van der Waals surface area contributed by atoms with Gasteiger partial charge in [-0.1, -0.05) is 12.1 Å². The van der Waals surface area contributed by atoms with Crippen molar-refractivity contribution < 1.29 is 17.5 Å². The van der Waals surface area contributed by atoms with Crippen molar-refractivity contribution >= 4 is 21.5 Å². The fraction of sp³-hybridized carbons (Fsp3) is 0.421. The number of ether oxygens (including phenoxy) is 1. The van der Waals surface area contributed by atoms with Gasteiger partial charge in [-0.05, 0) is 24.3 Å². The fourth-order valence-corrected chi connectivity index (χ4v) is 4.89. The molecule has 0 spiro atoms. The first-order valence-electron chi connectivity index (χ1n) is 9.34. The van der Waals surface area contributed by atoms with Gasteiger partial charge in [0.25, 0.3) is 0 Å². The first-order valence-corrected chi connectivity index (χ1v) is 10.8. The Kier molecular flexibility index (Phi) is 5.47. The first kappa shape index (κ1) is 19.1. The van der Waals surface area contributed by atoms with Gasteiger partial charge in [0.15, 0.2) is 0 Å². The first-order chi connectivity index (χ1) is 13.6. The van der Waals surface area contributed by atoms with Gasteiger partial charge in [0.2, 0.25) is 10.0 Å². The van der Waals surface area contributed by atoms with Gasteiger partial charge in [0.05, 0.1) is 18.9 Å². The number of benzene rings is 1. The van der Waals surface area contributed by atoms with E-state index >= 15 is 0 Å². The zero-order valence-electron chi connectivity index (χ0n) is 15.5. The second kappa shape index (κ2) is 8.02. The van der Waals surface area contributed by atoms with E-state index in [1.165, 1.54) is 16.6 Å². The van der Waals surface area contributed by atoms with Crippen LogP contribution in [-0.2, 0) is 14.8 Å². The highest BCUT2D eigenvalue weighted by atomic mass is 32.2. The third-order valence-electron chi connectivity index (χ3n) is 5.13. The van der Waals surface area contributed by atoms with Gasteiger partial charge >= 0.3 is 0 Å². The summed E-state index contributed by atoms with van der Waals surface area (Å²) in [6.07, 6.45) is 1.42. The molecule has 2 aliphatic rings. The molecular weight excluding hydrogens is 383 g/mol. The topological polar surface area (TPSA) is 66.0 Å². The average molecular weight is 406 g/mol. The molecule has 2 aromatic rings. The minimum Gasteiger partial charge on any atom is -0.379 e. The van der Waals surface area contributed by atoms with Crippen LogP contribution in [0.3, 0.4) is 0 Å². The average Bonchev–Trinajstić information content (AvgIpc) is 2.75. The van der Waals surface area contributed by atoms with Crippen LogP contribution in [0.4, 0.5) is 15.9 Å². The number of morpholine rings is 1. The molecule has 3 heterocycles. The van der Waals surface area contributed by atoms with E-state index in [4.69, 9.17) is 4.74 Å². The Morgan fingerprint density at radius 2 is 1.57 bits per heavy atom. The van der Waals surface area contributed by atoms with E-state index in [0.29, 0.717) is 58.2 Å². The molecule has 0 aliphatic carbocycles. The molecule has 0 bridgehead atoms. The summed E-state index contributed by atoms with van der Waals surface area (Å²) in [6, 6.07) is 10.1. The smallest absolute Gasteiger partial charge is 0.244 e. The van der Waals surface area contributed by atoms with Crippen molar-refractivity contribution in [3.8, 4) is 0 Å². The van der Waals surface area contributed by atoms with Crippen LogP contribution in [0.1, 0.15) is 0 Å². The number of piperazine rings is 1. The minimum absolute atomic E-state index is 0.197. The molecular formula is C19H23FN4O3S. The number of halogens is 1. The predicted molar refractivity (Wildman–Crippen MR) is 105 cm³/mol. The SMILES string of the molecule is O=S(=O)(c1ccc(N2CCN(c3ccccc3F)CC2)nc1)N1CCOCC1. The van der Waals surface area contributed by atoms with Crippen LogP contribution < -0.4 is 9.80 Å². The summed E-state index contributed by atoms with van der Waals surface area (Å²) in [5.74, 6) is 0.515. The molecule has 0 saturated carbocycles. The number of anilines is 2. The van der Waals surface area contributed by atoms with Crippen LogP contribution >= 0.6 is 0 Å². The highest BCUT2D eigenvalue weighted by Crippen LogP contribution is 2.23. The Balaban J connectivity index is 1.42.